The van der Waals surface area contributed by atoms with E-state index in [9.17, 15) is 9.50 Å². The molecule has 2 rings (SSSR count). The van der Waals surface area contributed by atoms with Gasteiger partial charge in [0.05, 0.1) is 12.8 Å². The lowest BCUT2D eigenvalue weighted by Crippen LogP contribution is -2.27. The summed E-state index contributed by atoms with van der Waals surface area (Å²) in [5.74, 6) is 0.258. The Balaban J connectivity index is 2.31. The highest BCUT2D eigenvalue weighted by Crippen LogP contribution is 2.32. The molecule has 1 saturated carbocycles. The lowest BCUT2D eigenvalue weighted by atomic mass is 10.2. The molecule has 1 fully saturated rings. The van der Waals surface area contributed by atoms with Gasteiger partial charge in [0.25, 0.3) is 0 Å². The van der Waals surface area contributed by atoms with Crippen molar-refractivity contribution in [3.63, 3.8) is 0 Å². The van der Waals surface area contributed by atoms with Crippen LogP contribution in [0.2, 0.25) is 0 Å². The van der Waals surface area contributed by atoms with Crippen LogP contribution in [-0.4, -0.2) is 22.7 Å². The van der Waals surface area contributed by atoms with Crippen LogP contribution >= 0.6 is 0 Å². The summed E-state index contributed by atoms with van der Waals surface area (Å²) in [7, 11) is 0. The lowest BCUT2D eigenvalue weighted by Gasteiger charge is -2.23. The fourth-order valence-electron chi connectivity index (χ4n) is 1.78. The summed E-state index contributed by atoms with van der Waals surface area (Å²) < 4.78 is 13.0. The number of halogens is 1. The van der Waals surface area contributed by atoms with E-state index in [1.54, 1.807) is 6.08 Å². The van der Waals surface area contributed by atoms with E-state index in [2.05, 4.69) is 16.5 Å². The molecule has 0 amide bonds. The summed E-state index contributed by atoms with van der Waals surface area (Å²) in [4.78, 5) is 6.14. The van der Waals surface area contributed by atoms with E-state index < -0.39 is 5.82 Å². The van der Waals surface area contributed by atoms with Crippen LogP contribution in [0.25, 0.3) is 0 Å². The Labute approximate surface area is 94.2 Å². The average Bonchev–Trinajstić information content (AvgIpc) is 3.10. The third-order valence-corrected chi connectivity index (χ3v) is 2.67. The Bertz CT molecular complexity index is 391. The van der Waals surface area contributed by atoms with Crippen LogP contribution in [-0.2, 0) is 6.61 Å². The van der Waals surface area contributed by atoms with Crippen molar-refractivity contribution in [1.82, 2.24) is 4.98 Å². The molecule has 1 aromatic rings. The number of nitrogens with zero attached hydrogens (tertiary/aromatic N) is 2. The minimum atomic E-state index is -0.415. The first-order valence-electron chi connectivity index (χ1n) is 5.39. The molecule has 86 valence electrons. The van der Waals surface area contributed by atoms with Gasteiger partial charge in [-0.2, -0.15) is 0 Å². The molecule has 0 aromatic carbocycles. The van der Waals surface area contributed by atoms with Gasteiger partial charge in [0, 0.05) is 18.2 Å². The van der Waals surface area contributed by atoms with Crippen molar-refractivity contribution in [3.05, 3.63) is 36.3 Å². The molecule has 1 aliphatic carbocycles. The van der Waals surface area contributed by atoms with E-state index in [4.69, 9.17) is 0 Å². The van der Waals surface area contributed by atoms with Gasteiger partial charge in [-0.05, 0) is 18.9 Å². The standard InChI is InChI=1S/C12H15FN2O/c1-2-5-15(11-3-4-11)12-9(8-16)6-10(13)7-14-12/h2,6-7,11,16H,1,3-5,8H2. The van der Waals surface area contributed by atoms with Gasteiger partial charge < -0.3 is 10.0 Å². The maximum atomic E-state index is 13.0. The summed E-state index contributed by atoms with van der Waals surface area (Å²) in [6, 6.07) is 1.79. The normalized spacial score (nSPS) is 14.9. The first kappa shape index (κ1) is 11.1. The first-order valence-corrected chi connectivity index (χ1v) is 5.39. The molecular weight excluding hydrogens is 207 g/mol. The monoisotopic (exact) mass is 222 g/mol. The van der Waals surface area contributed by atoms with Gasteiger partial charge in [-0.3, -0.25) is 0 Å². The fraction of sp³-hybridized carbons (Fsp3) is 0.417. The number of aliphatic hydroxyl groups is 1. The van der Waals surface area contributed by atoms with Crippen LogP contribution in [0.4, 0.5) is 10.2 Å². The van der Waals surface area contributed by atoms with Crippen molar-refractivity contribution in [2.75, 3.05) is 11.4 Å². The van der Waals surface area contributed by atoms with E-state index in [1.807, 2.05) is 0 Å². The van der Waals surface area contributed by atoms with Crippen molar-refractivity contribution < 1.29 is 9.50 Å². The molecule has 1 aromatic heterocycles. The number of anilines is 1. The molecule has 0 aliphatic heterocycles. The number of hydrogen-bond donors (Lipinski definition) is 1. The molecule has 0 unspecified atom stereocenters. The van der Waals surface area contributed by atoms with Gasteiger partial charge >= 0.3 is 0 Å². The van der Waals surface area contributed by atoms with Crippen LogP contribution in [0.5, 0.6) is 0 Å². The van der Waals surface area contributed by atoms with Crippen LogP contribution in [0.3, 0.4) is 0 Å². The van der Waals surface area contributed by atoms with Crippen LogP contribution in [0.15, 0.2) is 24.9 Å². The summed E-state index contributed by atoms with van der Waals surface area (Å²) >= 11 is 0. The van der Waals surface area contributed by atoms with Crippen molar-refractivity contribution >= 4 is 5.82 Å². The molecule has 1 N–H and O–H groups in total. The highest BCUT2D eigenvalue weighted by Gasteiger charge is 2.30. The van der Waals surface area contributed by atoms with E-state index in [-0.39, 0.29) is 6.61 Å². The molecule has 3 nitrogen and oxygen atoms in total. The number of rotatable bonds is 5. The Morgan fingerprint density at radius 2 is 2.38 bits per heavy atom. The molecule has 1 aliphatic rings. The molecule has 0 atom stereocenters. The zero-order valence-corrected chi connectivity index (χ0v) is 9.06. The van der Waals surface area contributed by atoms with Crippen LogP contribution in [0, 0.1) is 5.82 Å². The van der Waals surface area contributed by atoms with Crippen LogP contribution in [0.1, 0.15) is 18.4 Å². The minimum absolute atomic E-state index is 0.194. The second-order valence-corrected chi connectivity index (χ2v) is 3.97. The SMILES string of the molecule is C=CCN(c1ncc(F)cc1CO)C1CC1. The third-order valence-electron chi connectivity index (χ3n) is 2.67. The van der Waals surface area contributed by atoms with Crippen LogP contribution < -0.4 is 4.90 Å². The molecule has 0 spiro atoms. The highest BCUT2D eigenvalue weighted by atomic mass is 19.1. The van der Waals surface area contributed by atoms with Gasteiger partial charge in [-0.1, -0.05) is 6.08 Å². The summed E-state index contributed by atoms with van der Waals surface area (Å²) in [5.41, 5.74) is 0.536. The first-order chi connectivity index (χ1) is 7.76. The molecule has 0 bridgehead atoms. The maximum Gasteiger partial charge on any atom is 0.142 e. The zero-order chi connectivity index (χ0) is 11.5. The van der Waals surface area contributed by atoms with Gasteiger partial charge in [0.2, 0.25) is 0 Å². The number of aliphatic hydroxyl groups excluding tert-OH is 1. The molecular formula is C12H15FN2O. The predicted molar refractivity (Wildman–Crippen MR) is 60.7 cm³/mol. The Hall–Kier alpha value is -1.42. The van der Waals surface area contributed by atoms with Crippen molar-refractivity contribution in [2.45, 2.75) is 25.5 Å². The second-order valence-electron chi connectivity index (χ2n) is 3.97. The van der Waals surface area contributed by atoms with E-state index in [0.29, 0.717) is 24.0 Å². The summed E-state index contributed by atoms with van der Waals surface area (Å²) in [6.45, 7) is 4.19. The Kier molecular flexibility index (Phi) is 3.19. The van der Waals surface area contributed by atoms with E-state index >= 15 is 0 Å². The van der Waals surface area contributed by atoms with Crippen molar-refractivity contribution in [3.8, 4) is 0 Å². The Morgan fingerprint density at radius 1 is 1.62 bits per heavy atom. The summed E-state index contributed by atoms with van der Waals surface area (Å²) in [6.07, 6.45) is 5.23. The van der Waals surface area contributed by atoms with Gasteiger partial charge in [0.1, 0.15) is 11.6 Å². The average molecular weight is 222 g/mol. The van der Waals surface area contributed by atoms with Crippen molar-refractivity contribution in [1.29, 1.82) is 0 Å². The topological polar surface area (TPSA) is 36.4 Å². The van der Waals surface area contributed by atoms with E-state index in [1.165, 1.54) is 12.3 Å². The summed E-state index contributed by atoms with van der Waals surface area (Å²) in [5, 5.41) is 9.20. The smallest absolute Gasteiger partial charge is 0.142 e. The second kappa shape index (κ2) is 4.61. The minimum Gasteiger partial charge on any atom is -0.392 e. The molecule has 0 radical (unpaired) electrons. The number of aromatic nitrogens is 1. The van der Waals surface area contributed by atoms with Gasteiger partial charge in [0.15, 0.2) is 0 Å². The Morgan fingerprint density at radius 3 is 2.94 bits per heavy atom. The van der Waals surface area contributed by atoms with Gasteiger partial charge in [-0.15, -0.1) is 6.58 Å². The maximum absolute atomic E-state index is 13.0. The highest BCUT2D eigenvalue weighted by molar-refractivity contribution is 5.49. The fourth-order valence-corrected chi connectivity index (χ4v) is 1.78. The largest absolute Gasteiger partial charge is 0.392 e. The molecule has 4 heteroatoms. The number of pyridine rings is 1. The molecule has 0 saturated heterocycles. The number of hydrogen-bond acceptors (Lipinski definition) is 3. The molecule has 16 heavy (non-hydrogen) atoms. The molecule has 1 heterocycles. The lowest BCUT2D eigenvalue weighted by molar-refractivity contribution is 0.281. The zero-order valence-electron chi connectivity index (χ0n) is 9.06. The predicted octanol–water partition coefficient (Wildman–Crippen LogP) is 1.87. The van der Waals surface area contributed by atoms with E-state index in [0.717, 1.165) is 12.8 Å². The van der Waals surface area contributed by atoms with Gasteiger partial charge in [-0.25, -0.2) is 9.37 Å². The quantitative estimate of drug-likeness (QED) is 0.773. The van der Waals surface area contributed by atoms with Crippen molar-refractivity contribution in [2.24, 2.45) is 0 Å². The third kappa shape index (κ3) is 2.22.